The predicted octanol–water partition coefficient (Wildman–Crippen LogP) is 6.28. The van der Waals surface area contributed by atoms with Crippen LogP contribution in [0.25, 0.3) is 0 Å². The highest BCUT2D eigenvalue weighted by Crippen LogP contribution is 2.33. The Morgan fingerprint density at radius 2 is 1.00 bits per heavy atom. The lowest BCUT2D eigenvalue weighted by Crippen LogP contribution is -2.29. The fourth-order valence-corrected chi connectivity index (χ4v) is 3.90. The summed E-state index contributed by atoms with van der Waals surface area (Å²) in [5.74, 6) is 0.290. The standard InChI is InChI=1S/C24H25N.ClH/c1-4-10-20(11-5-1)24(21-12-6-2-7-13-21)22-14-16-23(17-15-22)25-18-8-3-9-19-25;/h1-2,4-7,10-17,24H,3,8-9,18-19H2;1H. The van der Waals surface area contributed by atoms with E-state index in [9.17, 15) is 0 Å². The predicted molar refractivity (Wildman–Crippen MR) is 114 cm³/mol. The van der Waals surface area contributed by atoms with Crippen molar-refractivity contribution in [2.75, 3.05) is 18.0 Å². The summed E-state index contributed by atoms with van der Waals surface area (Å²) in [5.41, 5.74) is 5.42. The summed E-state index contributed by atoms with van der Waals surface area (Å²) in [5, 5.41) is 0. The quantitative estimate of drug-likeness (QED) is 0.493. The van der Waals surface area contributed by atoms with Crippen molar-refractivity contribution in [3.8, 4) is 0 Å². The zero-order chi connectivity index (χ0) is 16.9. The highest BCUT2D eigenvalue weighted by atomic mass is 35.5. The van der Waals surface area contributed by atoms with Crippen molar-refractivity contribution in [1.29, 1.82) is 0 Å². The molecule has 1 aliphatic rings. The summed E-state index contributed by atoms with van der Waals surface area (Å²) in [6, 6.07) is 30.9. The van der Waals surface area contributed by atoms with Gasteiger partial charge < -0.3 is 4.90 Å². The molecule has 3 aromatic carbocycles. The van der Waals surface area contributed by atoms with E-state index < -0.39 is 0 Å². The van der Waals surface area contributed by atoms with E-state index in [1.165, 1.54) is 54.7 Å². The number of anilines is 1. The number of hydrogen-bond donors (Lipinski definition) is 0. The van der Waals surface area contributed by atoms with E-state index >= 15 is 0 Å². The molecule has 0 radical (unpaired) electrons. The Labute approximate surface area is 163 Å². The maximum Gasteiger partial charge on any atom is 0.0366 e. The fraction of sp³-hybridized carbons (Fsp3) is 0.250. The normalized spacial score (nSPS) is 14.1. The van der Waals surface area contributed by atoms with Crippen LogP contribution < -0.4 is 4.90 Å². The second-order valence-electron chi connectivity index (χ2n) is 6.89. The monoisotopic (exact) mass is 363 g/mol. The van der Waals surface area contributed by atoms with Gasteiger partial charge in [0.1, 0.15) is 0 Å². The first-order valence-corrected chi connectivity index (χ1v) is 9.36. The maximum absolute atomic E-state index is 2.52. The molecule has 1 fully saturated rings. The largest absolute Gasteiger partial charge is 0.372 e. The fourth-order valence-electron chi connectivity index (χ4n) is 3.90. The van der Waals surface area contributed by atoms with Gasteiger partial charge in [0, 0.05) is 24.7 Å². The van der Waals surface area contributed by atoms with E-state index in [0.29, 0.717) is 0 Å². The first-order chi connectivity index (χ1) is 12.4. The molecule has 1 nitrogen and oxygen atoms in total. The van der Waals surface area contributed by atoms with Gasteiger partial charge in [-0.2, -0.15) is 0 Å². The van der Waals surface area contributed by atoms with E-state index in [2.05, 4.69) is 89.8 Å². The summed E-state index contributed by atoms with van der Waals surface area (Å²) < 4.78 is 0. The van der Waals surface area contributed by atoms with Crippen molar-refractivity contribution in [3.05, 3.63) is 102 Å². The van der Waals surface area contributed by atoms with Crippen LogP contribution in [0.15, 0.2) is 84.9 Å². The molecule has 134 valence electrons. The Hall–Kier alpha value is -2.25. The van der Waals surface area contributed by atoms with Gasteiger partial charge in [-0.15, -0.1) is 12.4 Å². The zero-order valence-corrected chi connectivity index (χ0v) is 15.9. The molecule has 0 atom stereocenters. The van der Waals surface area contributed by atoms with Gasteiger partial charge >= 0.3 is 0 Å². The Morgan fingerprint density at radius 1 is 0.538 bits per heavy atom. The molecule has 0 aromatic heterocycles. The second kappa shape index (κ2) is 8.91. The van der Waals surface area contributed by atoms with Gasteiger partial charge in [-0.1, -0.05) is 72.8 Å². The molecule has 2 heteroatoms. The molecule has 3 aromatic rings. The van der Waals surface area contributed by atoms with Crippen LogP contribution >= 0.6 is 12.4 Å². The molecule has 1 heterocycles. The first kappa shape index (κ1) is 18.5. The minimum absolute atomic E-state index is 0. The molecule has 0 unspecified atom stereocenters. The van der Waals surface area contributed by atoms with E-state index in [0.717, 1.165) is 0 Å². The lowest BCUT2D eigenvalue weighted by Gasteiger charge is -2.29. The lowest BCUT2D eigenvalue weighted by molar-refractivity contribution is 0.578. The summed E-state index contributed by atoms with van der Waals surface area (Å²) in [4.78, 5) is 2.52. The molecule has 0 spiro atoms. The molecule has 0 saturated carbocycles. The number of halogens is 1. The van der Waals surface area contributed by atoms with Crippen molar-refractivity contribution in [2.45, 2.75) is 25.2 Å². The number of piperidine rings is 1. The van der Waals surface area contributed by atoms with Crippen molar-refractivity contribution in [3.63, 3.8) is 0 Å². The van der Waals surface area contributed by atoms with Gasteiger partial charge in [-0.3, -0.25) is 0 Å². The van der Waals surface area contributed by atoms with Crippen LogP contribution in [-0.2, 0) is 0 Å². The third-order valence-electron chi connectivity index (χ3n) is 5.21. The van der Waals surface area contributed by atoms with Crippen LogP contribution in [-0.4, -0.2) is 13.1 Å². The van der Waals surface area contributed by atoms with E-state index in [1.807, 2.05) is 0 Å². The molecule has 0 N–H and O–H groups in total. The minimum atomic E-state index is 0. The number of nitrogens with zero attached hydrogens (tertiary/aromatic N) is 1. The molecule has 1 aliphatic heterocycles. The lowest BCUT2D eigenvalue weighted by atomic mass is 9.85. The average molecular weight is 364 g/mol. The Balaban J connectivity index is 0.00000196. The van der Waals surface area contributed by atoms with Crippen LogP contribution in [0.2, 0.25) is 0 Å². The summed E-state index contributed by atoms with van der Waals surface area (Å²) in [7, 11) is 0. The van der Waals surface area contributed by atoms with Gasteiger partial charge in [0.2, 0.25) is 0 Å². The van der Waals surface area contributed by atoms with Crippen molar-refractivity contribution >= 4 is 18.1 Å². The molecule has 0 bridgehead atoms. The number of benzene rings is 3. The van der Waals surface area contributed by atoms with E-state index in [1.54, 1.807) is 0 Å². The third kappa shape index (κ3) is 4.11. The molecule has 4 rings (SSSR count). The van der Waals surface area contributed by atoms with Gasteiger partial charge in [0.25, 0.3) is 0 Å². The van der Waals surface area contributed by atoms with Crippen molar-refractivity contribution in [1.82, 2.24) is 0 Å². The van der Waals surface area contributed by atoms with Crippen molar-refractivity contribution in [2.24, 2.45) is 0 Å². The van der Waals surface area contributed by atoms with Crippen LogP contribution in [0.5, 0.6) is 0 Å². The van der Waals surface area contributed by atoms with Crippen LogP contribution in [0.4, 0.5) is 5.69 Å². The third-order valence-corrected chi connectivity index (χ3v) is 5.21. The van der Waals surface area contributed by atoms with Gasteiger partial charge in [0.15, 0.2) is 0 Å². The SMILES string of the molecule is Cl.c1ccc(C(c2ccccc2)c2ccc(N3CCCCC3)cc2)cc1. The molecule has 1 saturated heterocycles. The molecular formula is C24H26ClN. The van der Waals surface area contributed by atoms with Crippen LogP contribution in [0.3, 0.4) is 0 Å². The smallest absolute Gasteiger partial charge is 0.0366 e. The Bertz CT molecular complexity index is 738. The maximum atomic E-state index is 2.52. The topological polar surface area (TPSA) is 3.24 Å². The molecule has 0 amide bonds. The second-order valence-corrected chi connectivity index (χ2v) is 6.89. The highest BCUT2D eigenvalue weighted by molar-refractivity contribution is 5.85. The van der Waals surface area contributed by atoms with E-state index in [-0.39, 0.29) is 18.3 Å². The highest BCUT2D eigenvalue weighted by Gasteiger charge is 2.17. The molecule has 26 heavy (non-hydrogen) atoms. The van der Waals surface area contributed by atoms with Gasteiger partial charge in [-0.05, 0) is 48.1 Å². The van der Waals surface area contributed by atoms with E-state index in [4.69, 9.17) is 0 Å². The number of rotatable bonds is 4. The summed E-state index contributed by atoms with van der Waals surface area (Å²) in [6.45, 7) is 2.39. The van der Waals surface area contributed by atoms with Gasteiger partial charge in [-0.25, -0.2) is 0 Å². The molecule has 0 aliphatic carbocycles. The Kier molecular flexibility index (Phi) is 6.35. The van der Waals surface area contributed by atoms with Crippen molar-refractivity contribution < 1.29 is 0 Å². The summed E-state index contributed by atoms with van der Waals surface area (Å²) >= 11 is 0. The average Bonchev–Trinajstić information content (AvgIpc) is 2.71. The first-order valence-electron chi connectivity index (χ1n) is 9.36. The summed E-state index contributed by atoms with van der Waals surface area (Å²) in [6.07, 6.45) is 4.01. The Morgan fingerprint density at radius 3 is 1.50 bits per heavy atom. The van der Waals surface area contributed by atoms with Crippen LogP contribution in [0.1, 0.15) is 41.9 Å². The van der Waals surface area contributed by atoms with Gasteiger partial charge in [0.05, 0.1) is 0 Å². The zero-order valence-electron chi connectivity index (χ0n) is 15.1. The van der Waals surface area contributed by atoms with Crippen LogP contribution in [0, 0.1) is 0 Å². The minimum Gasteiger partial charge on any atom is -0.372 e. The molecular weight excluding hydrogens is 338 g/mol. The number of hydrogen-bond acceptors (Lipinski definition) is 1.